The lowest BCUT2D eigenvalue weighted by atomic mass is 10.0. The number of hydrogen-bond acceptors (Lipinski definition) is 3. The highest BCUT2D eigenvalue weighted by atomic mass is 19.1. The molecule has 0 spiro atoms. The van der Waals surface area contributed by atoms with Crippen LogP contribution in [0.2, 0.25) is 0 Å². The smallest absolute Gasteiger partial charge is 0.338 e. The number of benzene rings is 1. The van der Waals surface area contributed by atoms with Crippen LogP contribution in [0.15, 0.2) is 24.3 Å². The minimum atomic E-state index is -0.830. The molecule has 2 atom stereocenters. The summed E-state index contributed by atoms with van der Waals surface area (Å²) in [6, 6.07) is 5.60. The van der Waals surface area contributed by atoms with E-state index in [-0.39, 0.29) is 24.6 Å². The van der Waals surface area contributed by atoms with Gasteiger partial charge in [-0.15, -0.1) is 0 Å². The normalized spacial score (nSPS) is 21.4. The van der Waals surface area contributed by atoms with E-state index in [1.807, 2.05) is 0 Å². The van der Waals surface area contributed by atoms with Crippen LogP contribution in [0, 0.1) is 5.82 Å². The monoisotopic (exact) mass is 296 g/mol. The average molecular weight is 296 g/mol. The Morgan fingerprint density at radius 2 is 2.05 bits per heavy atom. The Morgan fingerprint density at radius 3 is 2.71 bits per heavy atom. The molecule has 2 amide bonds. The highest BCUT2D eigenvalue weighted by Gasteiger charge is 2.26. The molecule has 3 N–H and O–H groups in total. The van der Waals surface area contributed by atoms with E-state index in [1.165, 1.54) is 12.1 Å². The predicted octanol–water partition coefficient (Wildman–Crippen LogP) is 2.99. The van der Waals surface area contributed by atoms with Crippen molar-refractivity contribution in [3.63, 3.8) is 0 Å². The summed E-state index contributed by atoms with van der Waals surface area (Å²) in [4.78, 5) is 10.6. The molecular formula is C15H21FN2O3. The number of rotatable bonds is 6. The van der Waals surface area contributed by atoms with Crippen LogP contribution in [0.3, 0.4) is 0 Å². The molecule has 0 saturated carbocycles. The molecule has 1 heterocycles. The third-order valence-electron chi connectivity index (χ3n) is 3.75. The van der Waals surface area contributed by atoms with Gasteiger partial charge in [0.05, 0.1) is 18.8 Å². The van der Waals surface area contributed by atoms with Gasteiger partial charge in [0.25, 0.3) is 0 Å². The van der Waals surface area contributed by atoms with Crippen molar-refractivity contribution in [2.75, 3.05) is 6.54 Å². The summed E-state index contributed by atoms with van der Waals surface area (Å²) in [5.74, 6) is -0.240. The maximum absolute atomic E-state index is 12.9. The number of carbonyl (C=O) groups is 1. The van der Waals surface area contributed by atoms with Crippen molar-refractivity contribution < 1.29 is 19.1 Å². The first-order valence-corrected chi connectivity index (χ1v) is 7.23. The fourth-order valence-corrected chi connectivity index (χ4v) is 2.58. The topological polar surface area (TPSA) is 75.8 Å². The van der Waals surface area contributed by atoms with Crippen LogP contribution in [0.5, 0.6) is 0 Å². The first kappa shape index (κ1) is 15.7. The number of urea groups is 1. The Morgan fingerprint density at radius 1 is 1.33 bits per heavy atom. The number of carbonyl (C=O) groups excluding carboxylic acids is 1. The fourth-order valence-electron chi connectivity index (χ4n) is 2.58. The maximum atomic E-state index is 12.9. The van der Waals surface area contributed by atoms with Crippen molar-refractivity contribution in [2.45, 2.75) is 44.3 Å². The van der Waals surface area contributed by atoms with Gasteiger partial charge in [-0.25, -0.2) is 14.2 Å². The molecule has 0 bridgehead atoms. The van der Waals surface area contributed by atoms with Gasteiger partial charge in [0.1, 0.15) is 5.82 Å². The minimum absolute atomic E-state index is 0.0376. The molecule has 1 fully saturated rings. The Labute approximate surface area is 123 Å². The zero-order valence-electron chi connectivity index (χ0n) is 11.9. The van der Waals surface area contributed by atoms with Crippen molar-refractivity contribution in [3.8, 4) is 0 Å². The number of amides is 2. The molecular weight excluding hydrogens is 275 g/mol. The number of hydrogen-bond donors (Lipinski definition) is 2. The van der Waals surface area contributed by atoms with E-state index in [4.69, 9.17) is 15.7 Å². The SMILES string of the molecule is NC(=O)N(O)CCCC[C@H]1CC[C@H](c2ccc(F)cc2)O1. The lowest BCUT2D eigenvalue weighted by Crippen LogP contribution is -2.33. The Bertz CT molecular complexity index is 466. The summed E-state index contributed by atoms with van der Waals surface area (Å²) in [6.07, 6.45) is 4.54. The molecule has 2 rings (SSSR count). The molecule has 6 heteroatoms. The van der Waals surface area contributed by atoms with Crippen LogP contribution in [0.25, 0.3) is 0 Å². The van der Waals surface area contributed by atoms with E-state index in [2.05, 4.69) is 0 Å². The zero-order chi connectivity index (χ0) is 15.2. The number of ether oxygens (including phenoxy) is 1. The van der Waals surface area contributed by atoms with Crippen molar-refractivity contribution in [2.24, 2.45) is 5.73 Å². The molecule has 1 saturated heterocycles. The van der Waals surface area contributed by atoms with Crippen LogP contribution in [-0.2, 0) is 4.74 Å². The third kappa shape index (κ3) is 4.68. The molecule has 5 nitrogen and oxygen atoms in total. The lowest BCUT2D eigenvalue weighted by molar-refractivity contribution is -0.0412. The molecule has 0 aromatic heterocycles. The second-order valence-corrected chi connectivity index (χ2v) is 5.33. The molecule has 21 heavy (non-hydrogen) atoms. The van der Waals surface area contributed by atoms with E-state index in [9.17, 15) is 9.18 Å². The Balaban J connectivity index is 1.68. The van der Waals surface area contributed by atoms with Crippen molar-refractivity contribution in [3.05, 3.63) is 35.6 Å². The van der Waals surface area contributed by atoms with Gasteiger partial charge in [-0.2, -0.15) is 0 Å². The zero-order valence-corrected chi connectivity index (χ0v) is 11.9. The van der Waals surface area contributed by atoms with Crippen molar-refractivity contribution in [1.29, 1.82) is 0 Å². The largest absolute Gasteiger partial charge is 0.370 e. The summed E-state index contributed by atoms with van der Waals surface area (Å²) in [7, 11) is 0. The number of hydroxylamine groups is 2. The van der Waals surface area contributed by atoms with Crippen LogP contribution in [-0.4, -0.2) is 29.0 Å². The molecule has 1 aromatic rings. The maximum Gasteiger partial charge on any atom is 0.338 e. The number of unbranched alkanes of at least 4 members (excludes halogenated alkanes) is 1. The number of nitrogens with two attached hydrogens (primary N) is 1. The van der Waals surface area contributed by atoms with E-state index in [0.717, 1.165) is 31.2 Å². The second kappa shape index (κ2) is 7.38. The van der Waals surface area contributed by atoms with Gasteiger partial charge in [0.2, 0.25) is 0 Å². The highest BCUT2D eigenvalue weighted by molar-refractivity contribution is 5.70. The van der Waals surface area contributed by atoms with Gasteiger partial charge in [0, 0.05) is 0 Å². The summed E-state index contributed by atoms with van der Waals surface area (Å²) >= 11 is 0. The van der Waals surface area contributed by atoms with Crippen LogP contribution in [0.1, 0.15) is 43.8 Å². The minimum Gasteiger partial charge on any atom is -0.370 e. The second-order valence-electron chi connectivity index (χ2n) is 5.33. The summed E-state index contributed by atoms with van der Waals surface area (Å²) < 4.78 is 18.8. The highest BCUT2D eigenvalue weighted by Crippen LogP contribution is 2.34. The molecule has 1 aliphatic rings. The molecule has 1 aromatic carbocycles. The van der Waals surface area contributed by atoms with Gasteiger partial charge in [-0.3, -0.25) is 5.21 Å². The lowest BCUT2D eigenvalue weighted by Gasteiger charge is -2.15. The summed E-state index contributed by atoms with van der Waals surface area (Å²) in [6.45, 7) is 0.240. The fraction of sp³-hybridized carbons (Fsp3) is 0.533. The quantitative estimate of drug-likeness (QED) is 0.481. The Hall–Kier alpha value is -1.66. The van der Waals surface area contributed by atoms with Crippen molar-refractivity contribution >= 4 is 6.03 Å². The van der Waals surface area contributed by atoms with Crippen LogP contribution in [0.4, 0.5) is 9.18 Å². The average Bonchev–Trinajstić information content (AvgIpc) is 2.93. The van der Waals surface area contributed by atoms with Crippen LogP contribution >= 0.6 is 0 Å². The van der Waals surface area contributed by atoms with E-state index >= 15 is 0 Å². The third-order valence-corrected chi connectivity index (χ3v) is 3.75. The first-order chi connectivity index (χ1) is 10.1. The van der Waals surface area contributed by atoms with Crippen LogP contribution < -0.4 is 5.73 Å². The van der Waals surface area contributed by atoms with E-state index in [0.29, 0.717) is 11.5 Å². The Kier molecular flexibility index (Phi) is 5.52. The molecule has 1 aliphatic heterocycles. The first-order valence-electron chi connectivity index (χ1n) is 7.23. The van der Waals surface area contributed by atoms with Gasteiger partial charge < -0.3 is 10.5 Å². The van der Waals surface area contributed by atoms with Gasteiger partial charge in [-0.05, 0) is 49.8 Å². The molecule has 0 aliphatic carbocycles. The van der Waals surface area contributed by atoms with E-state index < -0.39 is 6.03 Å². The molecule has 116 valence electrons. The number of halogens is 1. The standard InChI is InChI=1S/C15H21FN2O3/c16-12-6-4-11(5-7-12)14-9-8-13(21-14)3-1-2-10-18(20)15(17)19/h4-7,13-14,20H,1-3,8-10H2,(H2,17,19)/t13-,14+/m0/s1. The predicted molar refractivity (Wildman–Crippen MR) is 75.2 cm³/mol. The molecule has 0 unspecified atom stereocenters. The van der Waals surface area contributed by atoms with Gasteiger partial charge in [0.15, 0.2) is 0 Å². The van der Waals surface area contributed by atoms with Gasteiger partial charge in [-0.1, -0.05) is 12.1 Å². The number of nitrogens with zero attached hydrogens (tertiary/aromatic N) is 1. The van der Waals surface area contributed by atoms with E-state index in [1.54, 1.807) is 12.1 Å². The molecule has 0 radical (unpaired) electrons. The van der Waals surface area contributed by atoms with Crippen molar-refractivity contribution in [1.82, 2.24) is 5.06 Å². The number of primary amides is 1. The summed E-state index contributed by atoms with van der Waals surface area (Å²) in [5, 5.41) is 9.65. The van der Waals surface area contributed by atoms with Gasteiger partial charge >= 0.3 is 6.03 Å². The summed E-state index contributed by atoms with van der Waals surface area (Å²) in [5.41, 5.74) is 5.93.